The zero-order valence-electron chi connectivity index (χ0n) is 10.6. The molecule has 2 heterocycles. The molecule has 0 spiro atoms. The number of nitrogens with zero attached hydrogens (tertiary/aromatic N) is 1. The number of halogens is 1. The first kappa shape index (κ1) is 12.7. The molecule has 3 nitrogen and oxygen atoms in total. The molecule has 0 aromatic carbocycles. The highest BCUT2D eigenvalue weighted by atomic mass is 79.9. The lowest BCUT2D eigenvalue weighted by Crippen LogP contribution is -2.40. The van der Waals surface area contributed by atoms with Crippen LogP contribution in [0.5, 0.6) is 0 Å². The van der Waals surface area contributed by atoms with Gasteiger partial charge in [0.15, 0.2) is 4.67 Å². The van der Waals surface area contributed by atoms with Crippen molar-refractivity contribution >= 4 is 15.9 Å². The highest BCUT2D eigenvalue weighted by molar-refractivity contribution is 9.10. The number of likely N-dealkylation sites (tertiary alicyclic amines) is 1. The molecule has 3 atom stereocenters. The van der Waals surface area contributed by atoms with E-state index >= 15 is 0 Å². The summed E-state index contributed by atoms with van der Waals surface area (Å²) in [6.45, 7) is 1.82. The summed E-state index contributed by atoms with van der Waals surface area (Å²) in [6, 6.07) is 5.00. The van der Waals surface area contributed by atoms with Crippen molar-refractivity contribution in [1.29, 1.82) is 0 Å². The molecule has 2 N–H and O–H groups in total. The smallest absolute Gasteiger partial charge is 0.169 e. The number of hydrogen-bond acceptors (Lipinski definition) is 3. The van der Waals surface area contributed by atoms with Crippen LogP contribution < -0.4 is 5.73 Å². The maximum Gasteiger partial charge on any atom is 0.169 e. The van der Waals surface area contributed by atoms with Crippen LogP contribution in [0.4, 0.5) is 0 Å². The summed E-state index contributed by atoms with van der Waals surface area (Å²) in [5, 5.41) is 0. The van der Waals surface area contributed by atoms with Crippen LogP contribution in [0, 0.1) is 5.92 Å². The molecule has 0 bridgehead atoms. The molecule has 4 heteroatoms. The van der Waals surface area contributed by atoms with Gasteiger partial charge in [0.2, 0.25) is 0 Å². The standard InChI is InChI=1S/C14H21BrN2O/c15-14-6-5-13(18-14)12(9-16)17-8-7-10-3-1-2-4-11(10)17/h5-6,10-12H,1-4,7-9,16H2. The van der Waals surface area contributed by atoms with E-state index in [2.05, 4.69) is 26.9 Å². The van der Waals surface area contributed by atoms with Gasteiger partial charge in [-0.3, -0.25) is 4.90 Å². The van der Waals surface area contributed by atoms with Gasteiger partial charge in [-0.25, -0.2) is 0 Å². The van der Waals surface area contributed by atoms with Crippen molar-refractivity contribution in [3.8, 4) is 0 Å². The molecule has 100 valence electrons. The average molecular weight is 313 g/mol. The third kappa shape index (κ3) is 2.26. The Morgan fingerprint density at radius 3 is 2.89 bits per heavy atom. The Labute approximate surface area is 117 Å². The third-order valence-corrected chi connectivity index (χ3v) is 5.03. The summed E-state index contributed by atoms with van der Waals surface area (Å²) in [4.78, 5) is 2.59. The van der Waals surface area contributed by atoms with Crippen molar-refractivity contribution in [3.05, 3.63) is 22.6 Å². The van der Waals surface area contributed by atoms with E-state index in [1.54, 1.807) is 0 Å². The zero-order valence-corrected chi connectivity index (χ0v) is 12.2. The fourth-order valence-electron chi connectivity index (χ4n) is 3.75. The van der Waals surface area contributed by atoms with Crippen molar-refractivity contribution in [2.45, 2.75) is 44.2 Å². The molecule has 2 aliphatic rings. The minimum absolute atomic E-state index is 0.254. The molecule has 1 aromatic heterocycles. The van der Waals surface area contributed by atoms with Gasteiger partial charge in [-0.15, -0.1) is 0 Å². The second-order valence-corrected chi connectivity index (χ2v) is 6.31. The predicted octanol–water partition coefficient (Wildman–Crippen LogP) is 3.31. The van der Waals surface area contributed by atoms with Gasteiger partial charge in [0.05, 0.1) is 6.04 Å². The van der Waals surface area contributed by atoms with E-state index in [1.165, 1.54) is 38.6 Å². The predicted molar refractivity (Wildman–Crippen MR) is 75.3 cm³/mol. The lowest BCUT2D eigenvalue weighted by molar-refractivity contribution is 0.121. The van der Waals surface area contributed by atoms with E-state index in [1.807, 2.05) is 6.07 Å². The summed E-state index contributed by atoms with van der Waals surface area (Å²) in [6.07, 6.45) is 6.86. The fourth-order valence-corrected chi connectivity index (χ4v) is 4.07. The number of fused-ring (bicyclic) bond motifs is 1. The van der Waals surface area contributed by atoms with E-state index in [0.717, 1.165) is 22.4 Å². The Morgan fingerprint density at radius 1 is 1.33 bits per heavy atom. The van der Waals surface area contributed by atoms with Crippen LogP contribution in [0.3, 0.4) is 0 Å². The van der Waals surface area contributed by atoms with Crippen LogP contribution in [0.15, 0.2) is 21.2 Å². The van der Waals surface area contributed by atoms with Gasteiger partial charge >= 0.3 is 0 Å². The monoisotopic (exact) mass is 312 g/mol. The molecule has 3 unspecified atom stereocenters. The van der Waals surface area contributed by atoms with Crippen molar-refractivity contribution in [2.75, 3.05) is 13.1 Å². The van der Waals surface area contributed by atoms with Crippen LogP contribution in [0.1, 0.15) is 43.9 Å². The van der Waals surface area contributed by atoms with Gasteiger partial charge in [0.25, 0.3) is 0 Å². The minimum atomic E-state index is 0.254. The van der Waals surface area contributed by atoms with Gasteiger partial charge in [-0.1, -0.05) is 12.8 Å². The Bertz CT molecular complexity index is 406. The number of hydrogen-bond donors (Lipinski definition) is 1. The summed E-state index contributed by atoms with van der Waals surface area (Å²) in [5.74, 6) is 1.90. The molecular weight excluding hydrogens is 292 g/mol. The molecule has 18 heavy (non-hydrogen) atoms. The second-order valence-electron chi connectivity index (χ2n) is 5.53. The molecule has 0 amide bonds. The molecule has 1 aromatic rings. The fraction of sp³-hybridized carbons (Fsp3) is 0.714. The normalized spacial score (nSPS) is 30.3. The maximum atomic E-state index is 6.00. The average Bonchev–Trinajstić information content (AvgIpc) is 2.98. The zero-order chi connectivity index (χ0) is 12.5. The second kappa shape index (κ2) is 5.35. The topological polar surface area (TPSA) is 42.4 Å². The first-order chi connectivity index (χ1) is 8.79. The third-order valence-electron chi connectivity index (χ3n) is 4.60. The van der Waals surface area contributed by atoms with E-state index in [-0.39, 0.29) is 6.04 Å². The van der Waals surface area contributed by atoms with Crippen LogP contribution in [0.25, 0.3) is 0 Å². The number of nitrogens with two attached hydrogens (primary N) is 1. The molecule has 3 rings (SSSR count). The molecule has 1 aliphatic heterocycles. The summed E-state index contributed by atoms with van der Waals surface area (Å²) < 4.78 is 6.52. The van der Waals surface area contributed by atoms with Gasteiger partial charge in [0, 0.05) is 12.6 Å². The van der Waals surface area contributed by atoms with E-state index in [9.17, 15) is 0 Å². The quantitative estimate of drug-likeness (QED) is 0.931. The van der Waals surface area contributed by atoms with Gasteiger partial charge in [0.1, 0.15) is 5.76 Å². The lowest BCUT2D eigenvalue weighted by atomic mass is 9.85. The Hall–Kier alpha value is -0.320. The van der Waals surface area contributed by atoms with E-state index < -0.39 is 0 Å². The van der Waals surface area contributed by atoms with Crippen LogP contribution >= 0.6 is 15.9 Å². The largest absolute Gasteiger partial charge is 0.453 e. The summed E-state index contributed by atoms with van der Waals surface area (Å²) >= 11 is 3.38. The molecule has 2 fully saturated rings. The van der Waals surface area contributed by atoms with Gasteiger partial charge in [-0.05, 0) is 59.8 Å². The van der Waals surface area contributed by atoms with E-state index in [4.69, 9.17) is 10.2 Å². The molecular formula is C14H21BrN2O. The van der Waals surface area contributed by atoms with Crippen molar-refractivity contribution in [1.82, 2.24) is 4.90 Å². The number of furan rings is 1. The van der Waals surface area contributed by atoms with Crippen molar-refractivity contribution in [2.24, 2.45) is 11.7 Å². The van der Waals surface area contributed by atoms with Gasteiger partial charge in [-0.2, -0.15) is 0 Å². The van der Waals surface area contributed by atoms with Crippen molar-refractivity contribution in [3.63, 3.8) is 0 Å². The van der Waals surface area contributed by atoms with Crippen LogP contribution in [-0.4, -0.2) is 24.0 Å². The first-order valence-electron chi connectivity index (χ1n) is 7.00. The molecule has 1 aliphatic carbocycles. The first-order valence-corrected chi connectivity index (χ1v) is 7.80. The Balaban J connectivity index is 1.79. The lowest BCUT2D eigenvalue weighted by Gasteiger charge is -2.35. The van der Waals surface area contributed by atoms with Gasteiger partial charge < -0.3 is 10.2 Å². The Kier molecular flexibility index (Phi) is 3.78. The Morgan fingerprint density at radius 2 is 2.17 bits per heavy atom. The highest BCUT2D eigenvalue weighted by Gasteiger charge is 2.39. The molecule has 1 saturated carbocycles. The SMILES string of the molecule is NCC(c1ccc(Br)o1)N1CCC2CCCCC21. The summed E-state index contributed by atoms with van der Waals surface area (Å²) in [7, 11) is 0. The minimum Gasteiger partial charge on any atom is -0.453 e. The van der Waals surface area contributed by atoms with Crippen LogP contribution in [0.2, 0.25) is 0 Å². The highest BCUT2D eigenvalue weighted by Crippen LogP contribution is 2.40. The van der Waals surface area contributed by atoms with E-state index in [0.29, 0.717) is 6.54 Å². The number of rotatable bonds is 3. The summed E-state index contributed by atoms with van der Waals surface area (Å²) in [5.41, 5.74) is 6.00. The van der Waals surface area contributed by atoms with Crippen LogP contribution in [-0.2, 0) is 0 Å². The molecule has 1 saturated heterocycles. The molecule has 0 radical (unpaired) electrons. The van der Waals surface area contributed by atoms with Crippen molar-refractivity contribution < 1.29 is 4.42 Å². The maximum absolute atomic E-state index is 6.00.